The first kappa shape index (κ1) is 21.4. The second-order valence-corrected chi connectivity index (χ2v) is 7.49. The molecule has 0 aromatic heterocycles. The summed E-state index contributed by atoms with van der Waals surface area (Å²) in [5.74, 6) is 1.73. The highest BCUT2D eigenvalue weighted by Gasteiger charge is 2.35. The van der Waals surface area contributed by atoms with Gasteiger partial charge in [0, 0.05) is 20.1 Å². The molecule has 0 rings (SSSR count). The fourth-order valence-electron chi connectivity index (χ4n) is 3.36. The van der Waals surface area contributed by atoms with E-state index in [4.69, 9.17) is 4.74 Å². The fraction of sp³-hybridized carbons (Fsp3) is 0.947. The molecule has 0 heterocycles. The lowest BCUT2D eigenvalue weighted by molar-refractivity contribution is -0.143. The Kier molecular flexibility index (Phi) is 9.99. The Morgan fingerprint density at radius 3 is 1.91 bits per heavy atom. The Labute approximate surface area is 138 Å². The summed E-state index contributed by atoms with van der Waals surface area (Å²) in [6, 6.07) is 0.154. The molecular weight excluding hydrogens is 274 g/mol. The summed E-state index contributed by atoms with van der Waals surface area (Å²) in [5, 5.41) is 0. The largest absolute Gasteiger partial charge is 0.379 e. The zero-order valence-electron chi connectivity index (χ0n) is 16.3. The number of carbonyl (C=O) groups is 1. The van der Waals surface area contributed by atoms with Crippen molar-refractivity contribution < 1.29 is 9.53 Å². The Bertz CT molecular complexity index is 311. The molecule has 1 amide bonds. The summed E-state index contributed by atoms with van der Waals surface area (Å²) in [7, 11) is 3.73. The van der Waals surface area contributed by atoms with Gasteiger partial charge in [0.2, 0.25) is 5.91 Å². The van der Waals surface area contributed by atoms with Crippen LogP contribution in [0.5, 0.6) is 0 Å². The van der Waals surface area contributed by atoms with E-state index in [-0.39, 0.29) is 24.0 Å². The second-order valence-electron chi connectivity index (χ2n) is 7.49. The monoisotopic (exact) mass is 313 g/mol. The third-order valence-corrected chi connectivity index (χ3v) is 4.96. The quantitative estimate of drug-likeness (QED) is 0.590. The number of nitrogens with zero attached hydrogens (tertiary/aromatic N) is 1. The number of likely N-dealkylation sites (N-methyl/N-ethyl adjacent to an activating group) is 1. The van der Waals surface area contributed by atoms with Crippen molar-refractivity contribution in [2.45, 2.75) is 79.9 Å². The average Bonchev–Trinajstić information content (AvgIpc) is 2.47. The number of hydrogen-bond donors (Lipinski definition) is 0. The van der Waals surface area contributed by atoms with Crippen molar-refractivity contribution >= 4 is 5.91 Å². The van der Waals surface area contributed by atoms with Crippen LogP contribution in [0.3, 0.4) is 0 Å². The number of amides is 1. The number of methoxy groups -OCH3 is 1. The molecule has 0 aliphatic heterocycles. The summed E-state index contributed by atoms with van der Waals surface area (Å²) in [6.07, 6.45) is 3.05. The molecule has 0 aromatic rings. The van der Waals surface area contributed by atoms with Crippen LogP contribution in [0.4, 0.5) is 0 Å². The van der Waals surface area contributed by atoms with E-state index >= 15 is 0 Å². The molecule has 4 atom stereocenters. The van der Waals surface area contributed by atoms with E-state index in [1.807, 2.05) is 11.9 Å². The molecule has 3 heteroatoms. The van der Waals surface area contributed by atoms with Gasteiger partial charge in [0.05, 0.1) is 12.1 Å². The Balaban J connectivity index is 5.33. The number of rotatable bonds is 10. The maximum Gasteiger partial charge on any atom is 0.226 e. The van der Waals surface area contributed by atoms with Gasteiger partial charge in [0.1, 0.15) is 0 Å². The molecule has 132 valence electrons. The standard InChI is InChI=1S/C19H39NO2/c1-10-15(7)18(17(11-2)22-9)20(8)19(21)16(14(5)6)12-13(3)4/h13-18H,10-12H2,1-9H3/t15?,16?,17?,18-/m0/s1. The number of ether oxygens (including phenoxy) is 1. The van der Waals surface area contributed by atoms with Gasteiger partial charge in [0.25, 0.3) is 0 Å². The Morgan fingerprint density at radius 2 is 1.59 bits per heavy atom. The van der Waals surface area contributed by atoms with Crippen LogP contribution in [0.25, 0.3) is 0 Å². The van der Waals surface area contributed by atoms with Gasteiger partial charge in [-0.3, -0.25) is 4.79 Å². The highest BCUT2D eigenvalue weighted by atomic mass is 16.5. The first-order valence-corrected chi connectivity index (χ1v) is 9.00. The molecule has 22 heavy (non-hydrogen) atoms. The summed E-state index contributed by atoms with van der Waals surface area (Å²) < 4.78 is 5.68. The molecule has 0 N–H and O–H groups in total. The van der Waals surface area contributed by atoms with Crippen LogP contribution in [0.1, 0.15) is 67.7 Å². The number of carbonyl (C=O) groups excluding carboxylic acids is 1. The molecule has 0 saturated heterocycles. The van der Waals surface area contributed by atoms with Gasteiger partial charge in [0.15, 0.2) is 0 Å². The van der Waals surface area contributed by atoms with Crippen molar-refractivity contribution in [2.24, 2.45) is 23.7 Å². The molecule has 0 fully saturated rings. The SMILES string of the molecule is CCC(C)[C@@H](C(CC)OC)N(C)C(=O)C(CC(C)C)C(C)C. The van der Waals surface area contributed by atoms with Crippen LogP contribution in [0, 0.1) is 23.7 Å². The van der Waals surface area contributed by atoms with E-state index in [0.717, 1.165) is 19.3 Å². The van der Waals surface area contributed by atoms with Crippen LogP contribution in [0.2, 0.25) is 0 Å². The zero-order valence-corrected chi connectivity index (χ0v) is 16.3. The Hall–Kier alpha value is -0.570. The topological polar surface area (TPSA) is 29.5 Å². The fourth-order valence-corrected chi connectivity index (χ4v) is 3.36. The zero-order chi connectivity index (χ0) is 17.4. The molecule has 0 bridgehead atoms. The van der Waals surface area contributed by atoms with E-state index in [1.165, 1.54) is 0 Å². The molecule has 0 aromatic carbocycles. The van der Waals surface area contributed by atoms with Gasteiger partial charge in [-0.1, -0.05) is 54.9 Å². The lowest BCUT2D eigenvalue weighted by Gasteiger charge is -2.40. The van der Waals surface area contributed by atoms with Crippen LogP contribution in [0.15, 0.2) is 0 Å². The molecule has 0 radical (unpaired) electrons. The maximum absolute atomic E-state index is 13.1. The van der Waals surface area contributed by atoms with Gasteiger partial charge in [-0.05, 0) is 30.6 Å². The maximum atomic E-state index is 13.1. The van der Waals surface area contributed by atoms with Crippen LogP contribution < -0.4 is 0 Å². The summed E-state index contributed by atoms with van der Waals surface area (Å²) in [4.78, 5) is 15.1. The summed E-state index contributed by atoms with van der Waals surface area (Å²) >= 11 is 0. The minimum Gasteiger partial charge on any atom is -0.379 e. The highest BCUT2D eigenvalue weighted by molar-refractivity contribution is 5.79. The van der Waals surface area contributed by atoms with Crippen molar-refractivity contribution in [1.82, 2.24) is 4.90 Å². The van der Waals surface area contributed by atoms with Gasteiger partial charge in [-0.15, -0.1) is 0 Å². The van der Waals surface area contributed by atoms with Crippen LogP contribution in [-0.4, -0.2) is 37.1 Å². The van der Waals surface area contributed by atoms with Crippen molar-refractivity contribution in [3.05, 3.63) is 0 Å². The van der Waals surface area contributed by atoms with Crippen molar-refractivity contribution in [3.8, 4) is 0 Å². The number of hydrogen-bond acceptors (Lipinski definition) is 2. The Morgan fingerprint density at radius 1 is 1.05 bits per heavy atom. The minimum absolute atomic E-state index is 0.103. The molecule has 0 aliphatic rings. The molecule has 0 saturated carbocycles. The first-order chi connectivity index (χ1) is 10.2. The minimum atomic E-state index is 0.103. The van der Waals surface area contributed by atoms with Gasteiger partial charge >= 0.3 is 0 Å². The summed E-state index contributed by atoms with van der Waals surface area (Å²) in [6.45, 7) is 15.2. The van der Waals surface area contributed by atoms with E-state index in [2.05, 4.69) is 48.5 Å². The van der Waals surface area contributed by atoms with E-state index in [0.29, 0.717) is 17.8 Å². The smallest absolute Gasteiger partial charge is 0.226 e. The van der Waals surface area contributed by atoms with E-state index in [9.17, 15) is 4.79 Å². The average molecular weight is 314 g/mol. The highest BCUT2D eigenvalue weighted by Crippen LogP contribution is 2.27. The normalized spacial score (nSPS) is 17.4. The van der Waals surface area contributed by atoms with Gasteiger partial charge in [-0.25, -0.2) is 0 Å². The van der Waals surface area contributed by atoms with Gasteiger partial charge < -0.3 is 9.64 Å². The third kappa shape index (κ3) is 5.91. The van der Waals surface area contributed by atoms with Crippen LogP contribution in [-0.2, 0) is 9.53 Å². The van der Waals surface area contributed by atoms with Crippen LogP contribution >= 0.6 is 0 Å². The second kappa shape index (κ2) is 10.3. The van der Waals surface area contributed by atoms with Gasteiger partial charge in [-0.2, -0.15) is 0 Å². The van der Waals surface area contributed by atoms with Crippen molar-refractivity contribution in [3.63, 3.8) is 0 Å². The summed E-state index contributed by atoms with van der Waals surface area (Å²) in [5.41, 5.74) is 0. The molecule has 3 nitrogen and oxygen atoms in total. The van der Waals surface area contributed by atoms with Crippen molar-refractivity contribution in [2.75, 3.05) is 14.2 Å². The van der Waals surface area contributed by atoms with E-state index in [1.54, 1.807) is 7.11 Å². The molecule has 0 aliphatic carbocycles. The molecule has 3 unspecified atom stereocenters. The molecular formula is C19H39NO2. The molecule has 0 spiro atoms. The van der Waals surface area contributed by atoms with Crippen molar-refractivity contribution in [1.29, 1.82) is 0 Å². The predicted molar refractivity (Wildman–Crippen MR) is 94.9 cm³/mol. The third-order valence-electron chi connectivity index (χ3n) is 4.96. The lowest BCUT2D eigenvalue weighted by Crippen LogP contribution is -2.51. The predicted octanol–water partition coefficient (Wildman–Crippen LogP) is 4.60. The first-order valence-electron chi connectivity index (χ1n) is 9.00. The van der Waals surface area contributed by atoms with E-state index < -0.39 is 0 Å². The lowest BCUT2D eigenvalue weighted by atomic mass is 9.84.